The van der Waals surface area contributed by atoms with Gasteiger partial charge < -0.3 is 16.4 Å². The molecule has 1 aliphatic heterocycles. The average Bonchev–Trinajstić information content (AvgIpc) is 2.46. The van der Waals surface area contributed by atoms with Gasteiger partial charge in [-0.05, 0) is 37.1 Å². The Balaban J connectivity index is 0.00000200. The lowest BCUT2D eigenvalue weighted by Gasteiger charge is -2.21. The first-order valence-electron chi connectivity index (χ1n) is 6.54. The van der Waals surface area contributed by atoms with Crippen LogP contribution in [0.5, 0.6) is 0 Å². The Hall–Kier alpha value is -1.59. The first kappa shape index (κ1) is 16.5. The number of nitrogens with two attached hydrogens (primary N) is 1. The Morgan fingerprint density at radius 3 is 2.55 bits per heavy atom. The van der Waals surface area contributed by atoms with E-state index in [1.165, 1.54) is 0 Å². The van der Waals surface area contributed by atoms with Crippen LogP contribution in [0.15, 0.2) is 24.3 Å². The molecule has 1 heterocycles. The molecule has 4 N–H and O–H groups in total. The zero-order valence-electron chi connectivity index (χ0n) is 11.2. The Labute approximate surface area is 124 Å². The van der Waals surface area contributed by atoms with Crippen LogP contribution >= 0.6 is 12.4 Å². The van der Waals surface area contributed by atoms with Gasteiger partial charge in [0.2, 0.25) is 11.8 Å². The van der Waals surface area contributed by atoms with Gasteiger partial charge in [-0.1, -0.05) is 12.1 Å². The largest absolute Gasteiger partial charge is 0.366 e. The molecule has 6 heteroatoms. The van der Waals surface area contributed by atoms with Gasteiger partial charge >= 0.3 is 0 Å². The zero-order valence-corrected chi connectivity index (χ0v) is 12.0. The molecule has 20 heavy (non-hydrogen) atoms. The third-order valence-corrected chi connectivity index (χ3v) is 3.37. The fraction of sp³-hybridized carbons (Fsp3) is 0.429. The SMILES string of the molecule is Cl.NC(=O)c1ccc(CNC(=O)C2CCCNC2)cc1. The van der Waals surface area contributed by atoms with E-state index in [1.807, 2.05) is 0 Å². The van der Waals surface area contributed by atoms with Crippen LogP contribution in [-0.4, -0.2) is 24.9 Å². The number of halogens is 1. The van der Waals surface area contributed by atoms with Crippen LogP contribution in [0.2, 0.25) is 0 Å². The van der Waals surface area contributed by atoms with Crippen LogP contribution in [0.4, 0.5) is 0 Å². The fourth-order valence-corrected chi connectivity index (χ4v) is 2.20. The van der Waals surface area contributed by atoms with Crippen molar-refractivity contribution in [2.45, 2.75) is 19.4 Å². The molecule has 0 aromatic heterocycles. The number of hydrogen-bond acceptors (Lipinski definition) is 3. The summed E-state index contributed by atoms with van der Waals surface area (Å²) < 4.78 is 0. The molecule has 1 unspecified atom stereocenters. The molecule has 2 rings (SSSR count). The minimum Gasteiger partial charge on any atom is -0.366 e. The highest BCUT2D eigenvalue weighted by molar-refractivity contribution is 5.92. The van der Waals surface area contributed by atoms with E-state index in [2.05, 4.69) is 10.6 Å². The zero-order chi connectivity index (χ0) is 13.7. The second kappa shape index (κ2) is 7.87. The second-order valence-electron chi connectivity index (χ2n) is 4.82. The van der Waals surface area contributed by atoms with Crippen molar-refractivity contribution in [3.8, 4) is 0 Å². The van der Waals surface area contributed by atoms with Gasteiger partial charge in [-0.3, -0.25) is 9.59 Å². The highest BCUT2D eigenvalue weighted by Crippen LogP contribution is 2.10. The van der Waals surface area contributed by atoms with Gasteiger partial charge in [-0.15, -0.1) is 12.4 Å². The van der Waals surface area contributed by atoms with Gasteiger partial charge in [-0.25, -0.2) is 0 Å². The molecule has 1 fully saturated rings. The Bertz CT molecular complexity index is 456. The number of primary amides is 1. The number of carbonyl (C=O) groups is 2. The highest BCUT2D eigenvalue weighted by atomic mass is 35.5. The summed E-state index contributed by atoms with van der Waals surface area (Å²) >= 11 is 0. The first-order valence-corrected chi connectivity index (χ1v) is 6.54. The molecular weight excluding hydrogens is 278 g/mol. The number of hydrogen-bond donors (Lipinski definition) is 3. The summed E-state index contributed by atoms with van der Waals surface area (Å²) in [6.45, 7) is 2.24. The van der Waals surface area contributed by atoms with E-state index >= 15 is 0 Å². The molecule has 5 nitrogen and oxygen atoms in total. The molecular formula is C14H20ClN3O2. The van der Waals surface area contributed by atoms with Crippen LogP contribution < -0.4 is 16.4 Å². The van der Waals surface area contributed by atoms with Crippen LogP contribution in [0.1, 0.15) is 28.8 Å². The van der Waals surface area contributed by atoms with Crippen molar-refractivity contribution in [2.75, 3.05) is 13.1 Å². The summed E-state index contributed by atoms with van der Waals surface area (Å²) in [4.78, 5) is 22.9. The topological polar surface area (TPSA) is 84.2 Å². The molecule has 1 saturated heterocycles. The smallest absolute Gasteiger partial charge is 0.248 e. The number of piperidine rings is 1. The first-order chi connectivity index (χ1) is 9.16. The maximum atomic E-state index is 11.9. The number of amides is 2. The molecule has 0 bridgehead atoms. The minimum absolute atomic E-state index is 0. The lowest BCUT2D eigenvalue weighted by molar-refractivity contribution is -0.125. The van der Waals surface area contributed by atoms with Crippen LogP contribution in [0.25, 0.3) is 0 Å². The molecule has 110 valence electrons. The van der Waals surface area contributed by atoms with E-state index in [9.17, 15) is 9.59 Å². The normalized spacial score (nSPS) is 17.9. The maximum absolute atomic E-state index is 11.9. The van der Waals surface area contributed by atoms with E-state index in [0.717, 1.165) is 31.5 Å². The average molecular weight is 298 g/mol. The Morgan fingerprint density at radius 1 is 1.30 bits per heavy atom. The second-order valence-corrected chi connectivity index (χ2v) is 4.82. The molecule has 1 atom stereocenters. The van der Waals surface area contributed by atoms with Crippen molar-refractivity contribution in [1.82, 2.24) is 10.6 Å². The third-order valence-electron chi connectivity index (χ3n) is 3.37. The standard InChI is InChI=1S/C14H19N3O2.ClH/c15-13(18)11-5-3-10(4-6-11)8-17-14(19)12-2-1-7-16-9-12;/h3-6,12,16H,1-2,7-9H2,(H2,15,18)(H,17,19);1H. The van der Waals surface area contributed by atoms with Crippen molar-refractivity contribution in [2.24, 2.45) is 11.7 Å². The number of nitrogens with one attached hydrogen (secondary N) is 2. The lowest BCUT2D eigenvalue weighted by Crippen LogP contribution is -2.40. The van der Waals surface area contributed by atoms with E-state index in [1.54, 1.807) is 24.3 Å². The lowest BCUT2D eigenvalue weighted by atomic mass is 9.99. The van der Waals surface area contributed by atoms with Crippen LogP contribution in [0, 0.1) is 5.92 Å². The monoisotopic (exact) mass is 297 g/mol. The highest BCUT2D eigenvalue weighted by Gasteiger charge is 2.20. The molecule has 0 aliphatic carbocycles. The van der Waals surface area contributed by atoms with Gasteiger partial charge in [0.05, 0.1) is 5.92 Å². The predicted octanol–water partition coefficient (Wildman–Crippen LogP) is 0.823. The van der Waals surface area contributed by atoms with Crippen molar-refractivity contribution in [3.05, 3.63) is 35.4 Å². The quantitative estimate of drug-likeness (QED) is 0.769. The predicted molar refractivity (Wildman–Crippen MR) is 79.6 cm³/mol. The van der Waals surface area contributed by atoms with Crippen molar-refractivity contribution < 1.29 is 9.59 Å². The van der Waals surface area contributed by atoms with E-state index in [-0.39, 0.29) is 24.2 Å². The molecule has 1 aliphatic rings. The molecule has 0 radical (unpaired) electrons. The van der Waals surface area contributed by atoms with Gasteiger partial charge in [-0.2, -0.15) is 0 Å². The van der Waals surface area contributed by atoms with Gasteiger partial charge in [0, 0.05) is 18.7 Å². The van der Waals surface area contributed by atoms with E-state index in [0.29, 0.717) is 12.1 Å². The van der Waals surface area contributed by atoms with Gasteiger partial charge in [0.15, 0.2) is 0 Å². The summed E-state index contributed by atoms with van der Waals surface area (Å²) in [5, 5.41) is 6.14. The molecule has 0 spiro atoms. The molecule has 1 aromatic rings. The maximum Gasteiger partial charge on any atom is 0.248 e. The summed E-state index contributed by atoms with van der Waals surface area (Å²) in [6.07, 6.45) is 1.99. The summed E-state index contributed by atoms with van der Waals surface area (Å²) in [5.41, 5.74) is 6.61. The third kappa shape index (κ3) is 4.51. The van der Waals surface area contributed by atoms with Gasteiger partial charge in [0.25, 0.3) is 0 Å². The Kier molecular flexibility index (Phi) is 6.48. The van der Waals surface area contributed by atoms with E-state index < -0.39 is 5.91 Å². The van der Waals surface area contributed by atoms with Crippen molar-refractivity contribution >= 4 is 24.2 Å². The molecule has 1 aromatic carbocycles. The molecule has 0 saturated carbocycles. The summed E-state index contributed by atoms with van der Waals surface area (Å²) in [6, 6.07) is 6.96. The van der Waals surface area contributed by atoms with Crippen molar-refractivity contribution in [3.63, 3.8) is 0 Å². The molecule has 2 amide bonds. The van der Waals surface area contributed by atoms with Gasteiger partial charge in [0.1, 0.15) is 0 Å². The summed E-state index contributed by atoms with van der Waals surface area (Å²) in [5.74, 6) is -0.284. The van der Waals surface area contributed by atoms with E-state index in [4.69, 9.17) is 5.73 Å². The van der Waals surface area contributed by atoms with Crippen LogP contribution in [0.3, 0.4) is 0 Å². The van der Waals surface area contributed by atoms with Crippen molar-refractivity contribution in [1.29, 1.82) is 0 Å². The Morgan fingerprint density at radius 2 is 2.00 bits per heavy atom. The fourth-order valence-electron chi connectivity index (χ4n) is 2.20. The summed E-state index contributed by atoms with van der Waals surface area (Å²) in [7, 11) is 0. The number of carbonyl (C=O) groups excluding carboxylic acids is 2. The minimum atomic E-state index is -0.441. The number of rotatable bonds is 4. The van der Waals surface area contributed by atoms with Crippen LogP contribution in [-0.2, 0) is 11.3 Å². The number of benzene rings is 1.